The van der Waals surface area contributed by atoms with E-state index < -0.39 is 10.0 Å². The molecule has 0 aromatic rings. The third-order valence-electron chi connectivity index (χ3n) is 1.35. The molecule has 0 fully saturated rings. The molecule has 0 unspecified atom stereocenters. The van der Waals surface area contributed by atoms with Crippen molar-refractivity contribution in [3.8, 4) is 0 Å². The molecule has 0 aliphatic rings. The summed E-state index contributed by atoms with van der Waals surface area (Å²) in [6, 6.07) is -0.00597. The summed E-state index contributed by atoms with van der Waals surface area (Å²) in [7, 11) is -3.07. The standard InChI is InChI=1S/C6H16N2O2S/c1-6(2)8(5-4-7)11(3,9)10/h6H,4-5,7H2,1-3H3. The quantitative estimate of drug-likeness (QED) is 0.641. The second-order valence-corrected chi connectivity index (χ2v) is 4.69. The Morgan fingerprint density at radius 2 is 1.91 bits per heavy atom. The van der Waals surface area contributed by atoms with Crippen molar-refractivity contribution in [2.75, 3.05) is 19.3 Å². The van der Waals surface area contributed by atoms with Crippen LogP contribution in [0, 0.1) is 0 Å². The van der Waals surface area contributed by atoms with Gasteiger partial charge in [-0.15, -0.1) is 0 Å². The minimum absolute atomic E-state index is 0.00597. The van der Waals surface area contributed by atoms with Gasteiger partial charge in [-0.05, 0) is 13.8 Å². The van der Waals surface area contributed by atoms with Crippen LogP contribution in [0.4, 0.5) is 0 Å². The highest BCUT2D eigenvalue weighted by Crippen LogP contribution is 2.02. The van der Waals surface area contributed by atoms with E-state index in [9.17, 15) is 8.42 Å². The summed E-state index contributed by atoms with van der Waals surface area (Å²) in [6.45, 7) is 4.43. The third kappa shape index (κ3) is 3.69. The molecule has 0 aromatic heterocycles. The second-order valence-electron chi connectivity index (χ2n) is 2.76. The molecular weight excluding hydrogens is 164 g/mol. The Hall–Kier alpha value is -0.130. The van der Waals surface area contributed by atoms with Gasteiger partial charge in [0.1, 0.15) is 0 Å². The maximum atomic E-state index is 11.0. The highest BCUT2D eigenvalue weighted by atomic mass is 32.2. The van der Waals surface area contributed by atoms with Crippen molar-refractivity contribution in [2.45, 2.75) is 19.9 Å². The molecule has 0 aliphatic carbocycles. The number of nitrogens with zero attached hydrogens (tertiary/aromatic N) is 1. The Kier molecular flexibility index (Phi) is 3.99. The summed E-state index contributed by atoms with van der Waals surface area (Å²) in [5.74, 6) is 0. The summed E-state index contributed by atoms with van der Waals surface area (Å²) in [5.41, 5.74) is 5.26. The van der Waals surface area contributed by atoms with Crippen LogP contribution >= 0.6 is 0 Å². The van der Waals surface area contributed by atoms with Crippen molar-refractivity contribution in [1.29, 1.82) is 0 Å². The van der Waals surface area contributed by atoms with Gasteiger partial charge in [0.05, 0.1) is 6.26 Å². The summed E-state index contributed by atoms with van der Waals surface area (Å²) >= 11 is 0. The molecule has 0 aliphatic heterocycles. The fourth-order valence-corrected chi connectivity index (χ4v) is 2.14. The Labute approximate surface area is 68.4 Å². The molecule has 0 heterocycles. The van der Waals surface area contributed by atoms with E-state index in [2.05, 4.69) is 0 Å². The monoisotopic (exact) mass is 180 g/mol. The normalized spacial score (nSPS) is 12.9. The maximum Gasteiger partial charge on any atom is 0.211 e. The van der Waals surface area contributed by atoms with Crippen LogP contribution in [0.15, 0.2) is 0 Å². The van der Waals surface area contributed by atoms with E-state index in [-0.39, 0.29) is 6.04 Å². The van der Waals surface area contributed by atoms with Crippen LogP contribution in [0.3, 0.4) is 0 Å². The zero-order valence-corrected chi connectivity index (χ0v) is 8.06. The van der Waals surface area contributed by atoms with Crippen molar-refractivity contribution < 1.29 is 8.42 Å². The number of hydrogen-bond donors (Lipinski definition) is 1. The lowest BCUT2D eigenvalue weighted by Gasteiger charge is -2.22. The van der Waals surface area contributed by atoms with Gasteiger partial charge in [0.25, 0.3) is 0 Å². The van der Waals surface area contributed by atoms with Crippen LogP contribution in [0.2, 0.25) is 0 Å². The van der Waals surface area contributed by atoms with Gasteiger partial charge in [0.15, 0.2) is 0 Å². The molecule has 11 heavy (non-hydrogen) atoms. The molecule has 0 saturated heterocycles. The van der Waals surface area contributed by atoms with E-state index >= 15 is 0 Å². The van der Waals surface area contributed by atoms with Gasteiger partial charge in [-0.3, -0.25) is 0 Å². The molecular formula is C6H16N2O2S. The van der Waals surface area contributed by atoms with Gasteiger partial charge < -0.3 is 5.73 Å². The zero-order valence-electron chi connectivity index (χ0n) is 7.24. The van der Waals surface area contributed by atoms with E-state index in [1.165, 1.54) is 10.6 Å². The zero-order chi connectivity index (χ0) is 9.07. The number of sulfonamides is 1. The first-order valence-electron chi connectivity index (χ1n) is 3.56. The van der Waals surface area contributed by atoms with E-state index in [1.54, 1.807) is 0 Å². The van der Waals surface area contributed by atoms with E-state index in [0.29, 0.717) is 13.1 Å². The number of nitrogens with two attached hydrogens (primary N) is 1. The lowest BCUT2D eigenvalue weighted by atomic mass is 10.4. The Bertz CT molecular complexity index is 199. The van der Waals surface area contributed by atoms with Crippen LogP contribution in [-0.2, 0) is 10.0 Å². The van der Waals surface area contributed by atoms with Gasteiger partial charge in [-0.25, -0.2) is 8.42 Å². The lowest BCUT2D eigenvalue weighted by molar-refractivity contribution is 0.364. The Morgan fingerprint density at radius 1 is 1.45 bits per heavy atom. The Morgan fingerprint density at radius 3 is 2.00 bits per heavy atom. The average molecular weight is 180 g/mol. The van der Waals surface area contributed by atoms with E-state index in [4.69, 9.17) is 5.73 Å². The van der Waals surface area contributed by atoms with Gasteiger partial charge in [-0.1, -0.05) is 0 Å². The van der Waals surface area contributed by atoms with Crippen LogP contribution in [0.1, 0.15) is 13.8 Å². The van der Waals surface area contributed by atoms with Crippen molar-refractivity contribution in [2.24, 2.45) is 5.73 Å². The minimum Gasteiger partial charge on any atom is -0.329 e. The molecule has 68 valence electrons. The highest BCUT2D eigenvalue weighted by Gasteiger charge is 2.18. The summed E-state index contributed by atoms with van der Waals surface area (Å²) in [6.07, 6.45) is 1.20. The molecule has 0 atom stereocenters. The van der Waals surface area contributed by atoms with Crippen molar-refractivity contribution in [3.63, 3.8) is 0 Å². The predicted octanol–water partition coefficient (Wildman–Crippen LogP) is -0.385. The number of hydrogen-bond acceptors (Lipinski definition) is 3. The van der Waals surface area contributed by atoms with Crippen molar-refractivity contribution in [1.82, 2.24) is 4.31 Å². The summed E-state index contributed by atoms with van der Waals surface area (Å²) in [4.78, 5) is 0. The first-order valence-corrected chi connectivity index (χ1v) is 5.41. The second kappa shape index (κ2) is 4.04. The summed E-state index contributed by atoms with van der Waals surface area (Å²) in [5, 5.41) is 0. The van der Waals surface area contributed by atoms with Crippen LogP contribution in [-0.4, -0.2) is 38.1 Å². The first-order chi connectivity index (χ1) is 4.89. The van der Waals surface area contributed by atoms with Gasteiger partial charge in [0.2, 0.25) is 10.0 Å². The lowest BCUT2D eigenvalue weighted by Crippen LogP contribution is -2.39. The van der Waals surface area contributed by atoms with Crippen molar-refractivity contribution >= 4 is 10.0 Å². The fraction of sp³-hybridized carbons (Fsp3) is 1.00. The number of rotatable bonds is 4. The van der Waals surface area contributed by atoms with Crippen LogP contribution < -0.4 is 5.73 Å². The van der Waals surface area contributed by atoms with Crippen LogP contribution in [0.25, 0.3) is 0 Å². The smallest absolute Gasteiger partial charge is 0.211 e. The molecule has 0 amide bonds. The topological polar surface area (TPSA) is 63.4 Å². The first kappa shape index (κ1) is 10.9. The SMILES string of the molecule is CC(C)N(CCN)S(C)(=O)=O. The molecule has 5 heteroatoms. The van der Waals surface area contributed by atoms with Gasteiger partial charge >= 0.3 is 0 Å². The minimum atomic E-state index is -3.07. The third-order valence-corrected chi connectivity index (χ3v) is 2.81. The van der Waals surface area contributed by atoms with E-state index in [1.807, 2.05) is 13.8 Å². The molecule has 4 nitrogen and oxygen atoms in total. The molecule has 0 bridgehead atoms. The molecule has 0 radical (unpaired) electrons. The molecule has 2 N–H and O–H groups in total. The maximum absolute atomic E-state index is 11.0. The van der Waals surface area contributed by atoms with E-state index in [0.717, 1.165) is 0 Å². The Balaban J connectivity index is 4.36. The molecule has 0 rings (SSSR count). The van der Waals surface area contributed by atoms with Gasteiger partial charge in [0, 0.05) is 19.1 Å². The molecule has 0 saturated carbocycles. The van der Waals surface area contributed by atoms with Crippen LogP contribution in [0.5, 0.6) is 0 Å². The summed E-state index contributed by atoms with van der Waals surface area (Å²) < 4.78 is 23.4. The molecule has 0 spiro atoms. The fourth-order valence-electron chi connectivity index (χ4n) is 0.934. The largest absolute Gasteiger partial charge is 0.329 e. The predicted molar refractivity (Wildman–Crippen MR) is 45.7 cm³/mol. The molecule has 0 aromatic carbocycles. The average Bonchev–Trinajstić information content (AvgIpc) is 1.79. The van der Waals surface area contributed by atoms with Gasteiger partial charge in [-0.2, -0.15) is 4.31 Å². The van der Waals surface area contributed by atoms with Crippen molar-refractivity contribution in [3.05, 3.63) is 0 Å². The highest BCUT2D eigenvalue weighted by molar-refractivity contribution is 7.88.